The second kappa shape index (κ2) is 8.24. The molecule has 1 saturated carbocycles. The summed E-state index contributed by atoms with van der Waals surface area (Å²) in [7, 11) is 2.96. The summed E-state index contributed by atoms with van der Waals surface area (Å²) in [5, 5.41) is 21.2. The van der Waals surface area contributed by atoms with Crippen molar-refractivity contribution in [1.82, 2.24) is 10.2 Å². The van der Waals surface area contributed by atoms with Crippen LogP contribution in [0.1, 0.15) is 37.3 Å². The van der Waals surface area contributed by atoms with Gasteiger partial charge in [0.2, 0.25) is 0 Å². The Morgan fingerprint density at radius 1 is 1.28 bits per heavy atom. The number of nitrogens with one attached hydrogen (secondary N) is 1. The first-order valence-corrected chi connectivity index (χ1v) is 7.96. The first-order chi connectivity index (χ1) is 12.0. The Balaban J connectivity index is 2.19. The predicted molar refractivity (Wildman–Crippen MR) is 88.6 cm³/mol. The number of carboxylic acid groups (broad SMARTS) is 1. The first kappa shape index (κ1) is 18.4. The van der Waals surface area contributed by atoms with Crippen LogP contribution >= 0.6 is 0 Å². The van der Waals surface area contributed by atoms with Crippen molar-refractivity contribution in [2.45, 2.75) is 37.8 Å². The number of ether oxygens (including phenoxy) is 2. The highest BCUT2D eigenvalue weighted by Crippen LogP contribution is 2.30. The lowest BCUT2D eigenvalue weighted by atomic mass is 10.1. The van der Waals surface area contributed by atoms with E-state index in [4.69, 9.17) is 9.47 Å². The molecule has 1 aromatic rings. The third kappa shape index (κ3) is 4.12. The number of urea groups is 1. The van der Waals surface area contributed by atoms with Crippen molar-refractivity contribution in [1.29, 1.82) is 5.26 Å². The molecule has 1 aliphatic rings. The number of amides is 3. The molecule has 0 saturated heterocycles. The van der Waals surface area contributed by atoms with Gasteiger partial charge < -0.3 is 19.9 Å². The summed E-state index contributed by atoms with van der Waals surface area (Å²) in [6.45, 7) is 0. The van der Waals surface area contributed by atoms with Crippen molar-refractivity contribution in [3.8, 4) is 17.6 Å². The summed E-state index contributed by atoms with van der Waals surface area (Å²) in [6.07, 6.45) is 1.76. The number of imide groups is 1. The fraction of sp³-hybridized carbons (Fsp3) is 0.471. The lowest BCUT2D eigenvalue weighted by molar-refractivity contribution is 0.131. The number of methoxy groups -OCH3 is 2. The molecule has 8 heteroatoms. The Morgan fingerprint density at radius 3 is 2.44 bits per heavy atom. The number of carbonyl (C=O) groups excluding carboxylic acids is 1. The summed E-state index contributed by atoms with van der Waals surface area (Å²) >= 11 is 0. The van der Waals surface area contributed by atoms with E-state index >= 15 is 0 Å². The fourth-order valence-corrected chi connectivity index (χ4v) is 2.99. The van der Waals surface area contributed by atoms with Crippen LogP contribution in [0.15, 0.2) is 18.2 Å². The molecule has 134 valence electrons. The third-order valence-electron chi connectivity index (χ3n) is 4.25. The van der Waals surface area contributed by atoms with Gasteiger partial charge in [0.15, 0.2) is 11.5 Å². The summed E-state index contributed by atoms with van der Waals surface area (Å²) in [4.78, 5) is 24.7. The van der Waals surface area contributed by atoms with Crippen LogP contribution in [0.25, 0.3) is 0 Å². The Bertz CT molecular complexity index is 679. The Hall–Kier alpha value is -2.95. The molecule has 0 heterocycles. The molecule has 0 aromatic heterocycles. The fourth-order valence-electron chi connectivity index (χ4n) is 2.99. The molecule has 0 bridgehead atoms. The number of rotatable bonds is 5. The van der Waals surface area contributed by atoms with Crippen LogP contribution in [0.5, 0.6) is 11.5 Å². The van der Waals surface area contributed by atoms with E-state index in [1.54, 1.807) is 18.2 Å². The number of nitriles is 1. The second-order valence-corrected chi connectivity index (χ2v) is 5.72. The largest absolute Gasteiger partial charge is 0.493 e. The van der Waals surface area contributed by atoms with Gasteiger partial charge in [0.1, 0.15) is 6.04 Å². The van der Waals surface area contributed by atoms with Crippen LogP contribution < -0.4 is 14.8 Å². The summed E-state index contributed by atoms with van der Waals surface area (Å²) in [6, 6.07) is 4.65. The summed E-state index contributed by atoms with van der Waals surface area (Å²) < 4.78 is 10.3. The van der Waals surface area contributed by atoms with Crippen LogP contribution in [-0.4, -0.2) is 42.4 Å². The number of carbonyl (C=O) groups is 2. The lowest BCUT2D eigenvalue weighted by Gasteiger charge is -2.25. The minimum atomic E-state index is -1.31. The maximum atomic E-state index is 12.4. The smallest absolute Gasteiger partial charge is 0.415 e. The van der Waals surface area contributed by atoms with Crippen LogP contribution in [-0.2, 0) is 0 Å². The Morgan fingerprint density at radius 2 is 1.92 bits per heavy atom. The topological polar surface area (TPSA) is 112 Å². The maximum absolute atomic E-state index is 12.4. The second-order valence-electron chi connectivity index (χ2n) is 5.72. The lowest BCUT2D eigenvalue weighted by Crippen LogP contribution is -2.48. The van der Waals surface area contributed by atoms with E-state index in [2.05, 4.69) is 5.32 Å². The van der Waals surface area contributed by atoms with Crippen molar-refractivity contribution in [3.05, 3.63) is 23.8 Å². The number of benzene rings is 1. The number of hydrogen-bond donors (Lipinski definition) is 2. The summed E-state index contributed by atoms with van der Waals surface area (Å²) in [5.74, 6) is 0.910. The molecule has 0 spiro atoms. The Kier molecular flexibility index (Phi) is 6.06. The molecule has 0 radical (unpaired) electrons. The van der Waals surface area contributed by atoms with Gasteiger partial charge >= 0.3 is 12.1 Å². The van der Waals surface area contributed by atoms with Gasteiger partial charge in [0.05, 0.1) is 20.3 Å². The minimum Gasteiger partial charge on any atom is -0.493 e. The number of nitrogens with zero attached hydrogens (tertiary/aromatic N) is 2. The number of hydrogen-bond acceptors (Lipinski definition) is 5. The van der Waals surface area contributed by atoms with E-state index in [1.165, 1.54) is 14.2 Å². The van der Waals surface area contributed by atoms with E-state index < -0.39 is 18.2 Å². The Labute approximate surface area is 145 Å². The van der Waals surface area contributed by atoms with E-state index in [-0.39, 0.29) is 6.04 Å². The first-order valence-electron chi connectivity index (χ1n) is 7.96. The zero-order valence-corrected chi connectivity index (χ0v) is 14.2. The SMILES string of the molecule is COc1ccc(C(C#N)NC(=O)N(C(=O)O)C2CCCC2)cc1OC. The van der Waals surface area contributed by atoms with Crippen molar-refractivity contribution in [2.24, 2.45) is 0 Å². The molecule has 2 rings (SSSR count). The molecule has 1 fully saturated rings. The van der Waals surface area contributed by atoms with E-state index in [9.17, 15) is 20.0 Å². The quantitative estimate of drug-likeness (QED) is 0.847. The minimum absolute atomic E-state index is 0.345. The van der Waals surface area contributed by atoms with Crippen LogP contribution in [0.2, 0.25) is 0 Å². The van der Waals surface area contributed by atoms with Gasteiger partial charge in [-0.1, -0.05) is 18.9 Å². The molecule has 8 nitrogen and oxygen atoms in total. The monoisotopic (exact) mass is 347 g/mol. The van der Waals surface area contributed by atoms with Crippen molar-refractivity contribution < 1.29 is 24.2 Å². The molecule has 1 atom stereocenters. The van der Waals surface area contributed by atoms with E-state index in [0.29, 0.717) is 29.9 Å². The van der Waals surface area contributed by atoms with Gasteiger partial charge in [-0.15, -0.1) is 0 Å². The molecular weight excluding hydrogens is 326 g/mol. The van der Waals surface area contributed by atoms with Gasteiger partial charge in [0, 0.05) is 6.04 Å². The van der Waals surface area contributed by atoms with Gasteiger partial charge in [0.25, 0.3) is 0 Å². The van der Waals surface area contributed by atoms with Gasteiger partial charge in [-0.2, -0.15) is 5.26 Å². The zero-order chi connectivity index (χ0) is 18.4. The highest BCUT2D eigenvalue weighted by atomic mass is 16.5. The molecule has 25 heavy (non-hydrogen) atoms. The van der Waals surface area contributed by atoms with Crippen LogP contribution in [0.3, 0.4) is 0 Å². The van der Waals surface area contributed by atoms with Gasteiger partial charge in [-0.05, 0) is 30.5 Å². The normalized spacial score (nSPS) is 15.1. The van der Waals surface area contributed by atoms with Gasteiger partial charge in [-0.25, -0.2) is 14.5 Å². The maximum Gasteiger partial charge on any atom is 0.415 e. The molecule has 1 unspecified atom stereocenters. The molecule has 0 aliphatic heterocycles. The zero-order valence-electron chi connectivity index (χ0n) is 14.2. The van der Waals surface area contributed by atoms with Gasteiger partial charge in [-0.3, -0.25) is 0 Å². The average Bonchev–Trinajstić information content (AvgIpc) is 3.12. The highest BCUT2D eigenvalue weighted by Gasteiger charge is 2.33. The molecule has 1 aromatic carbocycles. The highest BCUT2D eigenvalue weighted by molar-refractivity contribution is 5.90. The van der Waals surface area contributed by atoms with Crippen molar-refractivity contribution >= 4 is 12.1 Å². The molecule has 3 amide bonds. The third-order valence-corrected chi connectivity index (χ3v) is 4.25. The van der Waals surface area contributed by atoms with Crippen molar-refractivity contribution in [2.75, 3.05) is 14.2 Å². The molecule has 1 aliphatic carbocycles. The van der Waals surface area contributed by atoms with E-state index in [0.717, 1.165) is 17.7 Å². The van der Waals surface area contributed by atoms with E-state index in [1.807, 2.05) is 6.07 Å². The standard InChI is InChI=1S/C17H21N3O5/c1-24-14-8-7-11(9-15(14)25-2)13(10-18)19-16(21)20(17(22)23)12-5-3-4-6-12/h7-9,12-13H,3-6H2,1-2H3,(H,19,21)(H,22,23). The van der Waals surface area contributed by atoms with Crippen LogP contribution in [0.4, 0.5) is 9.59 Å². The molecule has 2 N–H and O–H groups in total. The van der Waals surface area contributed by atoms with Crippen molar-refractivity contribution in [3.63, 3.8) is 0 Å². The average molecular weight is 347 g/mol. The predicted octanol–water partition coefficient (Wildman–Crippen LogP) is 2.90. The summed E-state index contributed by atoms with van der Waals surface area (Å²) in [5.41, 5.74) is 0.477. The molecular formula is C17H21N3O5. The van der Waals surface area contributed by atoms with Crippen LogP contribution in [0, 0.1) is 11.3 Å².